The molecule has 0 bridgehead atoms. The quantitative estimate of drug-likeness (QED) is 0.723. The first-order valence-electron chi connectivity index (χ1n) is 6.29. The van der Waals surface area contributed by atoms with Gasteiger partial charge in [0.25, 0.3) is 0 Å². The molecular formula is C11H21N5O. The van der Waals surface area contributed by atoms with Gasteiger partial charge < -0.3 is 15.4 Å². The molecule has 0 saturated carbocycles. The summed E-state index contributed by atoms with van der Waals surface area (Å²) in [5.74, 6) is 1.69. The number of aromatic nitrogens is 3. The van der Waals surface area contributed by atoms with Crippen molar-refractivity contribution in [1.82, 2.24) is 15.2 Å². The van der Waals surface area contributed by atoms with Crippen LogP contribution in [0.5, 0.6) is 0 Å². The molecule has 0 spiro atoms. The lowest BCUT2D eigenvalue weighted by Gasteiger charge is -2.28. The fraction of sp³-hybridized carbons (Fsp3) is 0.818. The fourth-order valence-corrected chi connectivity index (χ4v) is 1.95. The van der Waals surface area contributed by atoms with Gasteiger partial charge >= 0.3 is 0 Å². The fourth-order valence-electron chi connectivity index (χ4n) is 1.95. The van der Waals surface area contributed by atoms with Crippen LogP contribution in [0.4, 0.5) is 5.95 Å². The standard InChI is InChI=1S/C11H21N5O/c1-2-17-8-5-10-13-11(15-14-10)16-6-3-9(12)4-7-16/h9H,2-8,12H2,1H3,(H,13,14,15). The Morgan fingerprint density at radius 3 is 2.94 bits per heavy atom. The molecular weight excluding hydrogens is 218 g/mol. The molecule has 6 heteroatoms. The van der Waals surface area contributed by atoms with Crippen molar-refractivity contribution in [3.63, 3.8) is 0 Å². The molecule has 3 N–H and O–H groups in total. The Hall–Kier alpha value is -1.14. The van der Waals surface area contributed by atoms with E-state index >= 15 is 0 Å². The van der Waals surface area contributed by atoms with Crippen molar-refractivity contribution in [3.8, 4) is 0 Å². The number of ether oxygens (including phenoxy) is 1. The van der Waals surface area contributed by atoms with Gasteiger partial charge in [0.05, 0.1) is 6.61 Å². The minimum absolute atomic E-state index is 0.336. The SMILES string of the molecule is CCOCCc1nc(N2CCC(N)CC2)n[nH]1. The number of nitrogens with zero attached hydrogens (tertiary/aromatic N) is 3. The molecule has 0 amide bonds. The van der Waals surface area contributed by atoms with Gasteiger partial charge in [-0.15, -0.1) is 5.10 Å². The zero-order valence-corrected chi connectivity index (χ0v) is 10.4. The van der Waals surface area contributed by atoms with Crippen molar-refractivity contribution in [3.05, 3.63) is 5.82 Å². The Kier molecular flexibility index (Phi) is 4.33. The van der Waals surface area contributed by atoms with Crippen LogP contribution < -0.4 is 10.6 Å². The smallest absolute Gasteiger partial charge is 0.244 e. The van der Waals surface area contributed by atoms with Gasteiger partial charge in [0, 0.05) is 32.2 Å². The van der Waals surface area contributed by atoms with E-state index in [1.165, 1.54) is 0 Å². The molecule has 1 aliphatic rings. The number of H-pyrrole nitrogens is 1. The van der Waals surface area contributed by atoms with Gasteiger partial charge in [0.2, 0.25) is 5.95 Å². The van der Waals surface area contributed by atoms with Crippen LogP contribution in [0, 0.1) is 0 Å². The van der Waals surface area contributed by atoms with Crippen LogP contribution in [-0.4, -0.2) is 47.5 Å². The number of nitrogens with two attached hydrogens (primary N) is 1. The van der Waals surface area contributed by atoms with E-state index in [4.69, 9.17) is 10.5 Å². The Balaban J connectivity index is 1.85. The number of rotatable bonds is 5. The van der Waals surface area contributed by atoms with Crippen molar-refractivity contribution < 1.29 is 4.74 Å². The van der Waals surface area contributed by atoms with E-state index < -0.39 is 0 Å². The zero-order valence-electron chi connectivity index (χ0n) is 10.4. The Bertz CT molecular complexity index is 332. The van der Waals surface area contributed by atoms with Crippen LogP contribution >= 0.6 is 0 Å². The van der Waals surface area contributed by atoms with E-state index in [-0.39, 0.29) is 0 Å². The molecule has 0 radical (unpaired) electrons. The predicted molar refractivity (Wildman–Crippen MR) is 66.0 cm³/mol. The summed E-state index contributed by atoms with van der Waals surface area (Å²) >= 11 is 0. The number of piperidine rings is 1. The lowest BCUT2D eigenvalue weighted by molar-refractivity contribution is 0.149. The van der Waals surface area contributed by atoms with Crippen LogP contribution in [0.3, 0.4) is 0 Å². The van der Waals surface area contributed by atoms with Crippen LogP contribution in [0.25, 0.3) is 0 Å². The van der Waals surface area contributed by atoms with E-state index in [1.807, 2.05) is 6.92 Å². The van der Waals surface area contributed by atoms with E-state index in [0.717, 1.165) is 50.7 Å². The first-order chi connectivity index (χ1) is 8.29. The molecule has 0 atom stereocenters. The van der Waals surface area contributed by atoms with Crippen molar-refractivity contribution in [2.24, 2.45) is 5.73 Å². The first kappa shape index (κ1) is 12.3. The lowest BCUT2D eigenvalue weighted by Crippen LogP contribution is -2.40. The normalized spacial score (nSPS) is 17.6. The largest absolute Gasteiger partial charge is 0.381 e. The number of aromatic amines is 1. The average molecular weight is 239 g/mol. The summed E-state index contributed by atoms with van der Waals surface area (Å²) < 4.78 is 5.29. The molecule has 0 aliphatic carbocycles. The predicted octanol–water partition coefficient (Wildman–Crippen LogP) is 0.311. The third-order valence-corrected chi connectivity index (χ3v) is 3.03. The molecule has 6 nitrogen and oxygen atoms in total. The van der Waals surface area contributed by atoms with Crippen molar-refractivity contribution in [2.75, 3.05) is 31.2 Å². The number of hydrogen-bond donors (Lipinski definition) is 2. The second-order valence-electron chi connectivity index (χ2n) is 4.35. The highest BCUT2D eigenvalue weighted by molar-refractivity contribution is 5.29. The summed E-state index contributed by atoms with van der Waals surface area (Å²) in [6.07, 6.45) is 2.82. The molecule has 1 saturated heterocycles. The molecule has 17 heavy (non-hydrogen) atoms. The van der Waals surface area contributed by atoms with E-state index in [1.54, 1.807) is 0 Å². The maximum Gasteiger partial charge on any atom is 0.244 e. The highest BCUT2D eigenvalue weighted by atomic mass is 16.5. The lowest BCUT2D eigenvalue weighted by atomic mass is 10.1. The molecule has 2 heterocycles. The van der Waals surface area contributed by atoms with Gasteiger partial charge in [0.15, 0.2) is 0 Å². The summed E-state index contributed by atoms with van der Waals surface area (Å²) in [5, 5.41) is 7.20. The molecule has 2 rings (SSSR count). The minimum Gasteiger partial charge on any atom is -0.381 e. The summed E-state index contributed by atoms with van der Waals surface area (Å²) in [6.45, 7) is 5.32. The molecule has 96 valence electrons. The van der Waals surface area contributed by atoms with Gasteiger partial charge in [-0.3, -0.25) is 5.10 Å². The molecule has 1 fully saturated rings. The highest BCUT2D eigenvalue weighted by Crippen LogP contribution is 2.14. The van der Waals surface area contributed by atoms with E-state index in [9.17, 15) is 0 Å². The summed E-state index contributed by atoms with van der Waals surface area (Å²) in [6, 6.07) is 0.336. The van der Waals surface area contributed by atoms with Gasteiger partial charge in [-0.05, 0) is 19.8 Å². The Morgan fingerprint density at radius 1 is 1.47 bits per heavy atom. The Labute approximate surface area is 102 Å². The summed E-state index contributed by atoms with van der Waals surface area (Å²) in [5.41, 5.74) is 5.87. The number of anilines is 1. The maximum absolute atomic E-state index is 5.87. The maximum atomic E-state index is 5.87. The molecule has 1 aromatic rings. The van der Waals surface area contributed by atoms with Gasteiger partial charge in [-0.2, -0.15) is 4.98 Å². The van der Waals surface area contributed by atoms with Crippen molar-refractivity contribution in [2.45, 2.75) is 32.2 Å². The molecule has 0 aromatic carbocycles. The highest BCUT2D eigenvalue weighted by Gasteiger charge is 2.19. The van der Waals surface area contributed by atoms with E-state index in [2.05, 4.69) is 20.1 Å². The Morgan fingerprint density at radius 2 is 2.24 bits per heavy atom. The van der Waals surface area contributed by atoms with Crippen molar-refractivity contribution in [1.29, 1.82) is 0 Å². The second kappa shape index (κ2) is 5.97. The van der Waals surface area contributed by atoms with Crippen LogP contribution in [0.2, 0.25) is 0 Å². The number of hydrogen-bond acceptors (Lipinski definition) is 5. The van der Waals surface area contributed by atoms with E-state index in [0.29, 0.717) is 12.6 Å². The third kappa shape index (κ3) is 3.41. The third-order valence-electron chi connectivity index (χ3n) is 3.03. The van der Waals surface area contributed by atoms with Gasteiger partial charge in [0.1, 0.15) is 5.82 Å². The topological polar surface area (TPSA) is 80.1 Å². The monoisotopic (exact) mass is 239 g/mol. The van der Waals surface area contributed by atoms with Crippen molar-refractivity contribution >= 4 is 5.95 Å². The first-order valence-corrected chi connectivity index (χ1v) is 6.29. The van der Waals surface area contributed by atoms with Crippen LogP contribution in [0.1, 0.15) is 25.6 Å². The summed E-state index contributed by atoms with van der Waals surface area (Å²) in [4.78, 5) is 6.65. The van der Waals surface area contributed by atoms with Crippen LogP contribution in [-0.2, 0) is 11.2 Å². The molecule has 1 aliphatic heterocycles. The van der Waals surface area contributed by atoms with Crippen LogP contribution in [0.15, 0.2) is 0 Å². The number of nitrogens with one attached hydrogen (secondary N) is 1. The molecule has 1 aromatic heterocycles. The average Bonchev–Trinajstić information content (AvgIpc) is 2.79. The second-order valence-corrected chi connectivity index (χ2v) is 4.35. The van der Waals surface area contributed by atoms with Gasteiger partial charge in [-0.1, -0.05) is 0 Å². The summed E-state index contributed by atoms with van der Waals surface area (Å²) in [7, 11) is 0. The zero-order chi connectivity index (χ0) is 12.1. The minimum atomic E-state index is 0.336. The molecule has 0 unspecified atom stereocenters. The van der Waals surface area contributed by atoms with Gasteiger partial charge in [-0.25, -0.2) is 0 Å².